The topological polar surface area (TPSA) is 21.3 Å². The van der Waals surface area contributed by atoms with Gasteiger partial charge in [0, 0.05) is 13.7 Å². The van der Waals surface area contributed by atoms with Crippen molar-refractivity contribution < 1.29 is 4.74 Å². The lowest BCUT2D eigenvalue weighted by atomic mass is 10.1. The van der Waals surface area contributed by atoms with E-state index in [0.29, 0.717) is 13.2 Å². The van der Waals surface area contributed by atoms with Gasteiger partial charge in [0.05, 0.1) is 13.2 Å². The van der Waals surface area contributed by atoms with E-state index in [1.807, 2.05) is 0 Å². The van der Waals surface area contributed by atoms with Gasteiger partial charge in [0.15, 0.2) is 0 Å². The van der Waals surface area contributed by atoms with Gasteiger partial charge in [0.2, 0.25) is 0 Å². The van der Waals surface area contributed by atoms with Crippen molar-refractivity contribution in [2.45, 2.75) is 13.2 Å². The average Bonchev–Trinajstić information content (AvgIpc) is 2.21. The minimum atomic E-state index is 0.611. The molecule has 2 heteroatoms. The number of rotatable bonds is 5. The molecule has 74 valence electrons. The van der Waals surface area contributed by atoms with E-state index in [1.165, 1.54) is 11.1 Å². The van der Waals surface area contributed by atoms with Crippen LogP contribution in [0.2, 0.25) is 0 Å². The van der Waals surface area contributed by atoms with Gasteiger partial charge in [0.25, 0.3) is 0 Å². The third kappa shape index (κ3) is 3.61. The maximum absolute atomic E-state index is 5.13. The Bertz CT molecular complexity index is 297. The zero-order chi connectivity index (χ0) is 10.2. The van der Waals surface area contributed by atoms with E-state index >= 15 is 0 Å². The Morgan fingerprint density at radius 2 is 1.93 bits per heavy atom. The Morgan fingerprint density at radius 1 is 1.29 bits per heavy atom. The number of terminal acetylenes is 1. The molecule has 0 saturated heterocycles. The quantitative estimate of drug-likeness (QED) is 0.560. The first-order chi connectivity index (χ1) is 6.86. The molecule has 0 bridgehead atoms. The molecule has 0 aliphatic rings. The highest BCUT2D eigenvalue weighted by atomic mass is 16.5. The molecule has 1 aromatic rings. The minimum Gasteiger partial charge on any atom is -0.380 e. The largest absolute Gasteiger partial charge is 0.380 e. The van der Waals surface area contributed by atoms with Crippen LogP contribution in [0, 0.1) is 12.3 Å². The predicted molar refractivity (Wildman–Crippen MR) is 57.7 cm³/mol. The summed E-state index contributed by atoms with van der Waals surface area (Å²) in [6.07, 6.45) is 5.13. The summed E-state index contributed by atoms with van der Waals surface area (Å²) >= 11 is 0. The van der Waals surface area contributed by atoms with Crippen LogP contribution in [0.1, 0.15) is 11.1 Å². The van der Waals surface area contributed by atoms with Gasteiger partial charge in [-0.25, -0.2) is 0 Å². The molecule has 1 aromatic carbocycles. The highest BCUT2D eigenvalue weighted by Gasteiger charge is 1.93. The molecule has 0 radical (unpaired) electrons. The Labute approximate surface area is 85.3 Å². The normalized spacial score (nSPS) is 9.71. The monoisotopic (exact) mass is 189 g/mol. The van der Waals surface area contributed by atoms with Crippen LogP contribution in [0.3, 0.4) is 0 Å². The Balaban J connectivity index is 2.43. The van der Waals surface area contributed by atoms with E-state index in [0.717, 1.165) is 6.54 Å². The van der Waals surface area contributed by atoms with Crippen LogP contribution >= 0.6 is 0 Å². The van der Waals surface area contributed by atoms with Crippen molar-refractivity contribution in [1.82, 2.24) is 5.32 Å². The maximum atomic E-state index is 5.13. The molecule has 0 heterocycles. The van der Waals surface area contributed by atoms with E-state index < -0.39 is 0 Å². The van der Waals surface area contributed by atoms with Crippen LogP contribution in [-0.4, -0.2) is 13.7 Å². The Kier molecular flexibility index (Phi) is 4.77. The van der Waals surface area contributed by atoms with E-state index in [9.17, 15) is 0 Å². The highest BCUT2D eigenvalue weighted by molar-refractivity contribution is 5.21. The Hall–Kier alpha value is -1.30. The number of methoxy groups -OCH3 is 1. The van der Waals surface area contributed by atoms with Gasteiger partial charge in [-0.05, 0) is 11.1 Å². The van der Waals surface area contributed by atoms with E-state index in [1.54, 1.807) is 7.11 Å². The fourth-order valence-corrected chi connectivity index (χ4v) is 1.20. The summed E-state index contributed by atoms with van der Waals surface area (Å²) in [6, 6.07) is 8.29. The van der Waals surface area contributed by atoms with Crippen molar-refractivity contribution in [3.05, 3.63) is 35.4 Å². The number of ether oxygens (including phenoxy) is 1. The predicted octanol–water partition coefficient (Wildman–Crippen LogP) is 1.56. The molecule has 0 unspecified atom stereocenters. The fourth-order valence-electron chi connectivity index (χ4n) is 1.20. The van der Waals surface area contributed by atoms with Crippen molar-refractivity contribution in [3.63, 3.8) is 0 Å². The molecule has 2 nitrogen and oxygen atoms in total. The van der Waals surface area contributed by atoms with Gasteiger partial charge in [-0.1, -0.05) is 30.2 Å². The number of hydrogen-bond donors (Lipinski definition) is 1. The van der Waals surface area contributed by atoms with E-state index in [4.69, 9.17) is 11.2 Å². The first-order valence-electron chi connectivity index (χ1n) is 4.57. The zero-order valence-corrected chi connectivity index (χ0v) is 8.42. The van der Waals surface area contributed by atoms with E-state index in [-0.39, 0.29) is 0 Å². The molecule has 0 aromatic heterocycles. The summed E-state index contributed by atoms with van der Waals surface area (Å²) in [7, 11) is 1.70. The molecule has 0 amide bonds. The van der Waals surface area contributed by atoms with Crippen molar-refractivity contribution in [2.24, 2.45) is 0 Å². The molecule has 1 N–H and O–H groups in total. The first-order valence-corrected chi connectivity index (χ1v) is 4.57. The van der Waals surface area contributed by atoms with Gasteiger partial charge in [-0.3, -0.25) is 0 Å². The van der Waals surface area contributed by atoms with E-state index in [2.05, 4.69) is 35.5 Å². The van der Waals surface area contributed by atoms with Crippen LogP contribution in [0.5, 0.6) is 0 Å². The molecule has 14 heavy (non-hydrogen) atoms. The number of nitrogens with one attached hydrogen (secondary N) is 1. The van der Waals surface area contributed by atoms with Crippen LogP contribution < -0.4 is 5.32 Å². The zero-order valence-electron chi connectivity index (χ0n) is 8.42. The molecule has 0 atom stereocenters. The van der Waals surface area contributed by atoms with Crippen LogP contribution in [0.25, 0.3) is 0 Å². The van der Waals surface area contributed by atoms with Gasteiger partial charge in [0.1, 0.15) is 0 Å². The lowest BCUT2D eigenvalue weighted by Gasteiger charge is -2.03. The molecule has 0 aliphatic carbocycles. The van der Waals surface area contributed by atoms with Gasteiger partial charge < -0.3 is 10.1 Å². The van der Waals surface area contributed by atoms with Crippen LogP contribution in [-0.2, 0) is 17.9 Å². The van der Waals surface area contributed by atoms with Crippen LogP contribution in [0.15, 0.2) is 24.3 Å². The first kappa shape index (κ1) is 10.8. The summed E-state index contributed by atoms with van der Waals surface area (Å²) in [5, 5.41) is 3.14. The van der Waals surface area contributed by atoms with Gasteiger partial charge >= 0.3 is 0 Å². The summed E-state index contributed by atoms with van der Waals surface area (Å²) in [5.74, 6) is 2.54. The molecular formula is C12H15NO. The summed E-state index contributed by atoms with van der Waals surface area (Å²) in [6.45, 7) is 2.09. The van der Waals surface area contributed by atoms with Gasteiger partial charge in [-0.2, -0.15) is 0 Å². The molecule has 1 rings (SSSR count). The SMILES string of the molecule is C#CCNCc1ccc(COC)cc1. The number of benzene rings is 1. The Morgan fingerprint density at radius 3 is 2.50 bits per heavy atom. The molecule has 0 aliphatic heterocycles. The number of hydrogen-bond acceptors (Lipinski definition) is 2. The smallest absolute Gasteiger partial charge is 0.0713 e. The summed E-state index contributed by atoms with van der Waals surface area (Å²) < 4.78 is 5.02. The minimum absolute atomic E-state index is 0.611. The molecule has 0 fully saturated rings. The summed E-state index contributed by atoms with van der Waals surface area (Å²) in [5.41, 5.74) is 2.42. The van der Waals surface area contributed by atoms with Crippen LogP contribution in [0.4, 0.5) is 0 Å². The average molecular weight is 189 g/mol. The highest BCUT2D eigenvalue weighted by Crippen LogP contribution is 2.04. The second-order valence-corrected chi connectivity index (χ2v) is 3.06. The van der Waals surface area contributed by atoms with Crippen molar-refractivity contribution in [2.75, 3.05) is 13.7 Å². The van der Waals surface area contributed by atoms with Crippen molar-refractivity contribution in [3.8, 4) is 12.3 Å². The third-order valence-electron chi connectivity index (χ3n) is 1.89. The van der Waals surface area contributed by atoms with Gasteiger partial charge in [-0.15, -0.1) is 6.42 Å². The lowest BCUT2D eigenvalue weighted by Crippen LogP contribution is -2.12. The van der Waals surface area contributed by atoms with Crippen molar-refractivity contribution >= 4 is 0 Å². The standard InChI is InChI=1S/C12H15NO/c1-3-8-13-9-11-4-6-12(7-5-11)10-14-2/h1,4-7,13H,8-10H2,2H3. The second-order valence-electron chi connectivity index (χ2n) is 3.06. The fraction of sp³-hybridized carbons (Fsp3) is 0.333. The third-order valence-corrected chi connectivity index (χ3v) is 1.89. The second kappa shape index (κ2) is 6.20. The molecular weight excluding hydrogens is 174 g/mol. The summed E-state index contributed by atoms with van der Waals surface area (Å²) in [4.78, 5) is 0. The molecule has 0 spiro atoms. The maximum Gasteiger partial charge on any atom is 0.0713 e. The molecule has 0 saturated carbocycles. The lowest BCUT2D eigenvalue weighted by molar-refractivity contribution is 0.185. The van der Waals surface area contributed by atoms with Crippen molar-refractivity contribution in [1.29, 1.82) is 0 Å².